The third-order valence-electron chi connectivity index (χ3n) is 3.61. The number of hydrogen-bond acceptors (Lipinski definition) is 5. The minimum Gasteiger partial charge on any atom is -0.354 e. The Balaban J connectivity index is 2.02. The number of nitrogens with zero attached hydrogens (tertiary/aromatic N) is 5. The maximum absolute atomic E-state index is 8.64. The van der Waals surface area contributed by atoms with E-state index < -0.39 is 0 Å². The summed E-state index contributed by atoms with van der Waals surface area (Å²) in [5.74, 6) is 2.32. The molecule has 0 bridgehead atoms. The summed E-state index contributed by atoms with van der Waals surface area (Å²) >= 11 is 0. The van der Waals surface area contributed by atoms with Crippen LogP contribution >= 0.6 is 0 Å². The molecule has 0 N–H and O–H groups in total. The zero-order chi connectivity index (χ0) is 14.5. The molecule has 0 saturated carbocycles. The summed E-state index contributed by atoms with van der Waals surface area (Å²) in [7, 11) is 0. The van der Waals surface area contributed by atoms with Crippen molar-refractivity contribution in [1.82, 2.24) is 14.9 Å². The van der Waals surface area contributed by atoms with Gasteiger partial charge in [-0.25, -0.2) is 9.97 Å². The molecule has 0 aliphatic carbocycles. The summed E-state index contributed by atoms with van der Waals surface area (Å²) in [5.41, 5.74) is 1.03. The lowest BCUT2D eigenvalue weighted by Gasteiger charge is -2.35. The van der Waals surface area contributed by atoms with E-state index in [0.717, 1.165) is 50.1 Å². The highest BCUT2D eigenvalue weighted by Crippen LogP contribution is 2.18. The van der Waals surface area contributed by atoms with E-state index in [0.29, 0.717) is 12.3 Å². The second kappa shape index (κ2) is 6.67. The first-order valence-electron chi connectivity index (χ1n) is 7.30. The molecule has 20 heavy (non-hydrogen) atoms. The van der Waals surface area contributed by atoms with Gasteiger partial charge in [-0.1, -0.05) is 13.8 Å². The molecule has 5 nitrogen and oxygen atoms in total. The van der Waals surface area contributed by atoms with E-state index >= 15 is 0 Å². The van der Waals surface area contributed by atoms with Crippen LogP contribution in [0.25, 0.3) is 0 Å². The Kier molecular flexibility index (Phi) is 4.91. The van der Waals surface area contributed by atoms with Gasteiger partial charge in [-0.2, -0.15) is 5.26 Å². The highest BCUT2D eigenvalue weighted by atomic mass is 15.3. The highest BCUT2D eigenvalue weighted by Gasteiger charge is 2.19. The fraction of sp³-hybridized carbons (Fsp3) is 0.667. The van der Waals surface area contributed by atoms with Crippen LogP contribution in [0.15, 0.2) is 6.07 Å². The molecule has 0 spiro atoms. The smallest absolute Gasteiger partial charge is 0.133 e. The second-order valence-corrected chi connectivity index (χ2v) is 5.62. The molecule has 1 aliphatic rings. The Morgan fingerprint density at radius 3 is 2.55 bits per heavy atom. The van der Waals surface area contributed by atoms with Crippen molar-refractivity contribution in [2.24, 2.45) is 0 Å². The van der Waals surface area contributed by atoms with Crippen LogP contribution < -0.4 is 4.90 Å². The van der Waals surface area contributed by atoms with Gasteiger partial charge in [0.1, 0.15) is 11.6 Å². The van der Waals surface area contributed by atoms with Crippen molar-refractivity contribution < 1.29 is 0 Å². The van der Waals surface area contributed by atoms with Crippen LogP contribution in [0.3, 0.4) is 0 Å². The molecule has 1 aliphatic heterocycles. The van der Waals surface area contributed by atoms with Gasteiger partial charge in [-0.15, -0.1) is 0 Å². The van der Waals surface area contributed by atoms with Crippen molar-refractivity contribution in [2.45, 2.75) is 33.1 Å². The monoisotopic (exact) mass is 273 g/mol. The summed E-state index contributed by atoms with van der Waals surface area (Å²) in [5, 5.41) is 8.64. The number of hydrogen-bond donors (Lipinski definition) is 0. The second-order valence-electron chi connectivity index (χ2n) is 5.62. The lowest BCUT2D eigenvalue weighted by atomic mass is 10.2. The zero-order valence-corrected chi connectivity index (χ0v) is 12.6. The molecule has 0 amide bonds. The van der Waals surface area contributed by atoms with Gasteiger partial charge in [-0.3, -0.25) is 4.90 Å². The van der Waals surface area contributed by atoms with E-state index in [1.807, 2.05) is 6.92 Å². The van der Waals surface area contributed by atoms with Crippen molar-refractivity contribution >= 4 is 5.82 Å². The maximum Gasteiger partial charge on any atom is 0.133 e. The fourth-order valence-corrected chi connectivity index (χ4v) is 2.40. The van der Waals surface area contributed by atoms with Gasteiger partial charge in [-0.05, 0) is 6.92 Å². The number of piperazine rings is 1. The van der Waals surface area contributed by atoms with Crippen LogP contribution in [0.4, 0.5) is 5.82 Å². The van der Waals surface area contributed by atoms with Gasteiger partial charge in [0.25, 0.3) is 0 Å². The number of rotatable bonds is 4. The summed E-state index contributed by atoms with van der Waals surface area (Å²) in [6.45, 7) is 11.1. The number of anilines is 1. The highest BCUT2D eigenvalue weighted by molar-refractivity contribution is 5.40. The molecule has 108 valence electrons. The van der Waals surface area contributed by atoms with Gasteiger partial charge in [0.2, 0.25) is 0 Å². The largest absolute Gasteiger partial charge is 0.354 e. The van der Waals surface area contributed by atoms with Crippen LogP contribution in [0.1, 0.15) is 37.7 Å². The van der Waals surface area contributed by atoms with Gasteiger partial charge in [0.15, 0.2) is 0 Å². The topological polar surface area (TPSA) is 56.0 Å². The molecule has 0 unspecified atom stereocenters. The molecule has 1 fully saturated rings. The molecule has 0 radical (unpaired) electrons. The van der Waals surface area contributed by atoms with E-state index in [-0.39, 0.29) is 0 Å². The Morgan fingerprint density at radius 1 is 1.25 bits per heavy atom. The normalized spacial score (nSPS) is 16.4. The van der Waals surface area contributed by atoms with E-state index in [1.54, 1.807) is 0 Å². The van der Waals surface area contributed by atoms with Crippen LogP contribution in [-0.2, 0) is 0 Å². The van der Waals surface area contributed by atoms with Crippen LogP contribution in [-0.4, -0.2) is 47.6 Å². The van der Waals surface area contributed by atoms with E-state index in [2.05, 4.69) is 45.8 Å². The Labute approximate surface area is 121 Å². The van der Waals surface area contributed by atoms with Crippen molar-refractivity contribution in [3.05, 3.63) is 17.6 Å². The quantitative estimate of drug-likeness (QED) is 0.839. The Morgan fingerprint density at radius 2 is 1.95 bits per heavy atom. The van der Waals surface area contributed by atoms with Crippen LogP contribution in [0.2, 0.25) is 0 Å². The number of nitriles is 1. The predicted molar refractivity (Wildman–Crippen MR) is 79.7 cm³/mol. The summed E-state index contributed by atoms with van der Waals surface area (Å²) in [4.78, 5) is 13.9. The first-order valence-corrected chi connectivity index (χ1v) is 7.30. The van der Waals surface area contributed by atoms with Gasteiger partial charge in [0.05, 0.1) is 6.07 Å². The Bertz CT molecular complexity index is 484. The Hall–Kier alpha value is -1.67. The molecule has 0 atom stereocenters. The fourth-order valence-electron chi connectivity index (χ4n) is 2.40. The summed E-state index contributed by atoms with van der Waals surface area (Å²) in [6.07, 6.45) is 0.615. The molecule has 5 heteroatoms. The molecular formula is C15H23N5. The van der Waals surface area contributed by atoms with Crippen molar-refractivity contribution in [3.8, 4) is 6.07 Å². The molecule has 1 aromatic rings. The van der Waals surface area contributed by atoms with E-state index in [1.165, 1.54) is 0 Å². The van der Waals surface area contributed by atoms with Gasteiger partial charge in [0, 0.05) is 56.8 Å². The first-order chi connectivity index (χ1) is 9.60. The number of aromatic nitrogens is 2. The van der Waals surface area contributed by atoms with E-state index in [4.69, 9.17) is 5.26 Å². The molecular weight excluding hydrogens is 250 g/mol. The summed E-state index contributed by atoms with van der Waals surface area (Å²) in [6, 6.07) is 4.28. The van der Waals surface area contributed by atoms with E-state index in [9.17, 15) is 0 Å². The minimum atomic E-state index is 0.352. The zero-order valence-electron chi connectivity index (χ0n) is 12.6. The molecule has 2 heterocycles. The maximum atomic E-state index is 8.64. The predicted octanol–water partition coefficient (Wildman–Crippen LogP) is 1.94. The third kappa shape index (κ3) is 3.67. The minimum absolute atomic E-state index is 0.352. The third-order valence-corrected chi connectivity index (χ3v) is 3.61. The van der Waals surface area contributed by atoms with Gasteiger partial charge >= 0.3 is 0 Å². The first kappa shape index (κ1) is 14.7. The lowest BCUT2D eigenvalue weighted by Crippen LogP contribution is -2.47. The van der Waals surface area contributed by atoms with Crippen LogP contribution in [0, 0.1) is 18.3 Å². The molecule has 2 rings (SSSR count). The van der Waals surface area contributed by atoms with Crippen molar-refractivity contribution in [3.63, 3.8) is 0 Å². The molecule has 0 aromatic carbocycles. The van der Waals surface area contributed by atoms with Crippen LogP contribution in [0.5, 0.6) is 0 Å². The SMILES string of the molecule is Cc1cc(N2CCN(CCC#N)CC2)nc(C(C)C)n1. The average molecular weight is 273 g/mol. The van der Waals surface area contributed by atoms with Gasteiger partial charge < -0.3 is 4.90 Å². The lowest BCUT2D eigenvalue weighted by molar-refractivity contribution is 0.263. The number of aryl methyl sites for hydroxylation is 1. The standard InChI is InChI=1S/C15H23N5/c1-12(2)15-17-13(3)11-14(18-15)20-9-7-19(8-10-20)6-4-5-16/h11-12H,4,6-10H2,1-3H3. The van der Waals surface area contributed by atoms with Crippen molar-refractivity contribution in [1.29, 1.82) is 5.26 Å². The average Bonchev–Trinajstić information content (AvgIpc) is 2.45. The molecule has 1 aromatic heterocycles. The van der Waals surface area contributed by atoms with Crippen molar-refractivity contribution in [2.75, 3.05) is 37.6 Å². The summed E-state index contributed by atoms with van der Waals surface area (Å²) < 4.78 is 0. The molecule has 1 saturated heterocycles.